The van der Waals surface area contributed by atoms with E-state index < -0.39 is 0 Å². The number of aryl methyl sites for hydroxylation is 4. The van der Waals surface area contributed by atoms with Gasteiger partial charge in [-0.25, -0.2) is 9.59 Å². The van der Waals surface area contributed by atoms with Crippen molar-refractivity contribution in [3.8, 4) is 28.4 Å². The lowest BCUT2D eigenvalue weighted by Gasteiger charge is -2.06. The third kappa shape index (κ3) is 13.2. The van der Waals surface area contributed by atoms with Gasteiger partial charge in [0.05, 0.1) is 18.2 Å². The van der Waals surface area contributed by atoms with Crippen molar-refractivity contribution in [1.29, 1.82) is 0 Å². The molecule has 6 rings (SSSR count). The maximum atomic E-state index is 12.2. The molecule has 0 aliphatic heterocycles. The molecule has 0 radical (unpaired) electrons. The lowest BCUT2D eigenvalue weighted by Crippen LogP contribution is -2.08. The zero-order chi connectivity index (χ0) is 37.9. The van der Waals surface area contributed by atoms with Crippen LogP contribution in [0.3, 0.4) is 0 Å². The summed E-state index contributed by atoms with van der Waals surface area (Å²) in [5.41, 5.74) is 8.68. The number of hydrogen-bond donors (Lipinski definition) is 0. The van der Waals surface area contributed by atoms with Crippen molar-refractivity contribution in [2.45, 2.75) is 41.5 Å². The molecule has 0 fully saturated rings. The zero-order valence-electron chi connectivity index (χ0n) is 30.9. The van der Waals surface area contributed by atoms with Gasteiger partial charge in [-0.1, -0.05) is 121 Å². The van der Waals surface area contributed by atoms with E-state index in [1.165, 1.54) is 11.1 Å². The Bertz CT molecular complexity index is 1960. The second-order valence-electron chi connectivity index (χ2n) is 11.6. The number of carbonyl (C=O) groups excluding carboxylic acids is 3. The van der Waals surface area contributed by atoms with Crippen LogP contribution in [0.2, 0.25) is 0 Å². The van der Waals surface area contributed by atoms with Gasteiger partial charge >= 0.3 is 11.9 Å². The number of benzene rings is 6. The van der Waals surface area contributed by atoms with Crippen LogP contribution in [0.4, 0.5) is 0 Å². The highest BCUT2D eigenvalue weighted by Gasteiger charge is 2.10. The normalized spacial score (nSPS) is 9.67. The van der Waals surface area contributed by atoms with Crippen LogP contribution in [0.1, 0.15) is 67.2 Å². The molecule has 6 aromatic rings. The molecule has 0 heterocycles. The van der Waals surface area contributed by atoms with E-state index >= 15 is 0 Å². The molecule has 0 aliphatic rings. The number of methoxy groups -OCH3 is 1. The van der Waals surface area contributed by atoms with Crippen molar-refractivity contribution in [3.05, 3.63) is 185 Å². The largest absolute Gasteiger partial charge is 0.497 e. The Balaban J connectivity index is 0.000000223. The lowest BCUT2D eigenvalue weighted by atomic mass is 10.0. The average molecular weight is 695 g/mol. The monoisotopic (exact) mass is 694 g/mol. The summed E-state index contributed by atoms with van der Waals surface area (Å²) in [5.74, 6) is 1.08. The summed E-state index contributed by atoms with van der Waals surface area (Å²) >= 11 is 0. The van der Waals surface area contributed by atoms with Crippen LogP contribution >= 0.6 is 0 Å². The quantitative estimate of drug-likeness (QED) is 0.0940. The molecular weight excluding hydrogens is 648 g/mol. The molecule has 52 heavy (non-hydrogen) atoms. The number of ether oxygens (including phenoxy) is 3. The molecular formula is C46H46O6. The number of rotatable bonds is 7. The van der Waals surface area contributed by atoms with Crippen LogP contribution in [0, 0.1) is 27.7 Å². The van der Waals surface area contributed by atoms with E-state index in [9.17, 15) is 14.4 Å². The Labute approximate surface area is 307 Å². The summed E-state index contributed by atoms with van der Waals surface area (Å²) in [6.45, 7) is 12.0. The summed E-state index contributed by atoms with van der Waals surface area (Å²) in [6.07, 6.45) is 0.847. The smallest absolute Gasteiger partial charge is 0.343 e. The Kier molecular flexibility index (Phi) is 16.3. The zero-order valence-corrected chi connectivity index (χ0v) is 30.9. The number of aldehydes is 1. The molecule has 0 aromatic heterocycles. The number of carbonyl (C=O) groups is 3. The van der Waals surface area contributed by atoms with E-state index in [-0.39, 0.29) is 11.9 Å². The van der Waals surface area contributed by atoms with Crippen molar-refractivity contribution in [2.75, 3.05) is 7.11 Å². The second kappa shape index (κ2) is 21.1. The highest BCUT2D eigenvalue weighted by molar-refractivity contribution is 5.92. The molecule has 0 saturated heterocycles. The van der Waals surface area contributed by atoms with Crippen LogP contribution in [0.15, 0.2) is 146 Å². The molecule has 6 aromatic carbocycles. The van der Waals surface area contributed by atoms with Gasteiger partial charge < -0.3 is 14.2 Å². The maximum Gasteiger partial charge on any atom is 0.343 e. The van der Waals surface area contributed by atoms with Crippen molar-refractivity contribution >= 4 is 18.2 Å². The molecule has 6 heteroatoms. The molecule has 0 atom stereocenters. The standard InChI is InChI=1S/C21H18O2.C15H14O3.C8H8O.C2H6/c1-15-3-7-17(8-4-15)18-9-11-19(12-10-18)21(22)23-20-13-5-16(2)6-14-20;1-11-3-5-12(6-4-11)15(16)18-14-9-7-13(17-2)8-10-14;1-7-2-4-8(6-9)5-3-7;1-2/h3-14H,1-2H3;3-10H,1-2H3;2-6H,1H3;1-2H3. The average Bonchev–Trinajstić information content (AvgIpc) is 3.18. The number of hydrogen-bond acceptors (Lipinski definition) is 6. The lowest BCUT2D eigenvalue weighted by molar-refractivity contribution is 0.0725. The van der Waals surface area contributed by atoms with Crippen LogP contribution in [0.5, 0.6) is 17.2 Å². The molecule has 266 valence electrons. The Hall–Kier alpha value is -6.27. The predicted molar refractivity (Wildman–Crippen MR) is 210 cm³/mol. The SMILES string of the molecule is CC.COc1ccc(OC(=O)c2ccc(C)cc2)cc1.Cc1ccc(C=O)cc1.Cc1ccc(OC(=O)c2ccc(-c3ccc(C)cc3)cc2)cc1. The highest BCUT2D eigenvalue weighted by atomic mass is 16.5. The van der Waals surface area contributed by atoms with Gasteiger partial charge in [0.15, 0.2) is 0 Å². The molecule has 0 saturated carbocycles. The van der Waals surface area contributed by atoms with Gasteiger partial charge in [-0.05, 0) is 99.5 Å². The van der Waals surface area contributed by atoms with Crippen molar-refractivity contribution < 1.29 is 28.6 Å². The van der Waals surface area contributed by atoms with Crippen LogP contribution in [0.25, 0.3) is 11.1 Å². The Morgan fingerprint density at radius 1 is 0.423 bits per heavy atom. The first-order valence-electron chi connectivity index (χ1n) is 17.0. The highest BCUT2D eigenvalue weighted by Crippen LogP contribution is 2.22. The molecule has 0 amide bonds. The van der Waals surface area contributed by atoms with E-state index in [1.54, 1.807) is 67.8 Å². The van der Waals surface area contributed by atoms with Crippen LogP contribution in [-0.4, -0.2) is 25.3 Å². The van der Waals surface area contributed by atoms with Gasteiger partial charge in [-0.15, -0.1) is 0 Å². The molecule has 0 spiro atoms. The first kappa shape index (κ1) is 40.2. The third-order valence-corrected chi connectivity index (χ3v) is 7.51. The van der Waals surface area contributed by atoms with Gasteiger partial charge in [0.25, 0.3) is 0 Å². The summed E-state index contributed by atoms with van der Waals surface area (Å²) in [7, 11) is 1.59. The minimum atomic E-state index is -0.361. The van der Waals surface area contributed by atoms with E-state index in [1.807, 2.05) is 95.3 Å². The van der Waals surface area contributed by atoms with Gasteiger partial charge in [-0.2, -0.15) is 0 Å². The van der Waals surface area contributed by atoms with Crippen molar-refractivity contribution in [1.82, 2.24) is 0 Å². The molecule has 0 aliphatic carbocycles. The van der Waals surface area contributed by atoms with Crippen LogP contribution in [-0.2, 0) is 0 Å². The minimum Gasteiger partial charge on any atom is -0.497 e. The summed E-state index contributed by atoms with van der Waals surface area (Å²) < 4.78 is 15.7. The first-order valence-corrected chi connectivity index (χ1v) is 17.0. The van der Waals surface area contributed by atoms with Gasteiger partial charge in [0.2, 0.25) is 0 Å². The summed E-state index contributed by atoms with van der Waals surface area (Å²) in [6, 6.07) is 44.8. The van der Waals surface area contributed by atoms with Crippen LogP contribution < -0.4 is 14.2 Å². The van der Waals surface area contributed by atoms with E-state index in [0.29, 0.717) is 22.6 Å². The summed E-state index contributed by atoms with van der Waals surface area (Å²) in [4.78, 5) is 34.1. The molecule has 6 nitrogen and oxygen atoms in total. The van der Waals surface area contributed by atoms with Gasteiger partial charge in [0, 0.05) is 5.56 Å². The first-order chi connectivity index (χ1) is 25.1. The van der Waals surface area contributed by atoms with Crippen molar-refractivity contribution in [2.24, 2.45) is 0 Å². The fourth-order valence-corrected chi connectivity index (χ4v) is 4.46. The van der Waals surface area contributed by atoms with E-state index in [2.05, 4.69) is 31.2 Å². The molecule has 0 bridgehead atoms. The summed E-state index contributed by atoms with van der Waals surface area (Å²) in [5, 5.41) is 0. The Morgan fingerprint density at radius 3 is 1.10 bits per heavy atom. The van der Waals surface area contributed by atoms with Crippen molar-refractivity contribution in [3.63, 3.8) is 0 Å². The number of esters is 2. The van der Waals surface area contributed by atoms with Gasteiger partial charge in [-0.3, -0.25) is 4.79 Å². The molecule has 0 N–H and O–H groups in total. The van der Waals surface area contributed by atoms with Gasteiger partial charge in [0.1, 0.15) is 23.5 Å². The fraction of sp³-hybridized carbons (Fsp3) is 0.152. The second-order valence-corrected chi connectivity index (χ2v) is 11.6. The maximum absolute atomic E-state index is 12.2. The Morgan fingerprint density at radius 2 is 0.712 bits per heavy atom. The predicted octanol–water partition coefficient (Wildman–Crippen LogP) is 11.2. The third-order valence-electron chi connectivity index (χ3n) is 7.51. The van der Waals surface area contributed by atoms with E-state index in [0.717, 1.165) is 39.9 Å². The molecule has 0 unspecified atom stereocenters. The minimum absolute atomic E-state index is 0.343. The fourth-order valence-electron chi connectivity index (χ4n) is 4.46. The van der Waals surface area contributed by atoms with E-state index in [4.69, 9.17) is 14.2 Å². The topological polar surface area (TPSA) is 78.9 Å².